The van der Waals surface area contributed by atoms with Crippen LogP contribution in [-0.4, -0.2) is 34.2 Å². The summed E-state index contributed by atoms with van der Waals surface area (Å²) in [6, 6.07) is 2.01. The number of halogens is 1. The zero-order valence-electron chi connectivity index (χ0n) is 10.9. The van der Waals surface area contributed by atoms with Crippen molar-refractivity contribution >= 4 is 33.8 Å². The van der Waals surface area contributed by atoms with Gasteiger partial charge in [-0.1, -0.05) is 0 Å². The lowest BCUT2D eigenvalue weighted by molar-refractivity contribution is 0.360. The van der Waals surface area contributed by atoms with Crippen LogP contribution >= 0.6 is 23.7 Å². The van der Waals surface area contributed by atoms with E-state index in [0.717, 1.165) is 19.4 Å². The van der Waals surface area contributed by atoms with E-state index in [0.29, 0.717) is 11.8 Å². The van der Waals surface area contributed by atoms with Gasteiger partial charge in [0.15, 0.2) is 4.21 Å². The molecule has 2 rings (SSSR count). The predicted molar refractivity (Wildman–Crippen MR) is 78.9 cm³/mol. The Balaban J connectivity index is 0.00000180. The number of piperidine rings is 1. The first kappa shape index (κ1) is 16.7. The highest BCUT2D eigenvalue weighted by atomic mass is 35.5. The van der Waals surface area contributed by atoms with Crippen molar-refractivity contribution in [3.8, 4) is 5.75 Å². The van der Waals surface area contributed by atoms with Gasteiger partial charge in [0, 0.05) is 12.1 Å². The lowest BCUT2D eigenvalue weighted by Crippen LogP contribution is -2.46. The minimum atomic E-state index is -3.47. The van der Waals surface area contributed by atoms with Crippen LogP contribution in [0.15, 0.2) is 15.7 Å². The minimum Gasteiger partial charge on any atom is -0.494 e. The summed E-state index contributed by atoms with van der Waals surface area (Å²) >= 11 is 1.18. The summed E-state index contributed by atoms with van der Waals surface area (Å²) in [4.78, 5) is 0. The van der Waals surface area contributed by atoms with Crippen LogP contribution in [0, 0.1) is 0 Å². The molecule has 2 atom stereocenters. The van der Waals surface area contributed by atoms with Crippen molar-refractivity contribution < 1.29 is 13.2 Å². The predicted octanol–water partition coefficient (Wildman–Crippen LogP) is 1.60. The quantitative estimate of drug-likeness (QED) is 0.882. The molecule has 0 amide bonds. The fraction of sp³-hybridized carbons (Fsp3) is 0.636. The Kier molecular flexibility index (Phi) is 6.07. The fourth-order valence-corrected chi connectivity index (χ4v) is 4.72. The van der Waals surface area contributed by atoms with Crippen LogP contribution in [0.1, 0.15) is 19.8 Å². The Morgan fingerprint density at radius 3 is 2.89 bits per heavy atom. The van der Waals surface area contributed by atoms with Crippen molar-refractivity contribution in [2.75, 3.05) is 13.7 Å². The second-order valence-corrected chi connectivity index (χ2v) is 7.30. The van der Waals surface area contributed by atoms with Gasteiger partial charge in [0.25, 0.3) is 10.0 Å². The van der Waals surface area contributed by atoms with Crippen molar-refractivity contribution in [3.05, 3.63) is 11.4 Å². The van der Waals surface area contributed by atoms with Gasteiger partial charge in [-0.05, 0) is 37.8 Å². The minimum absolute atomic E-state index is 0. The summed E-state index contributed by atoms with van der Waals surface area (Å²) in [5.41, 5.74) is 0. The van der Waals surface area contributed by atoms with Gasteiger partial charge in [-0.25, -0.2) is 13.1 Å². The fourth-order valence-electron chi connectivity index (χ4n) is 2.14. The van der Waals surface area contributed by atoms with Crippen LogP contribution < -0.4 is 14.8 Å². The van der Waals surface area contributed by atoms with Gasteiger partial charge >= 0.3 is 0 Å². The average Bonchev–Trinajstić information content (AvgIpc) is 2.77. The van der Waals surface area contributed by atoms with E-state index in [-0.39, 0.29) is 22.7 Å². The van der Waals surface area contributed by atoms with Crippen LogP contribution in [0.2, 0.25) is 0 Å². The third-order valence-corrected chi connectivity index (χ3v) is 5.97. The monoisotopic (exact) mass is 326 g/mol. The van der Waals surface area contributed by atoms with Crippen LogP contribution in [0.4, 0.5) is 0 Å². The molecule has 110 valence electrons. The standard InChI is InChI=1S/C11H18N2O3S2.ClH/c1-8-7-9(3-5-12-8)13-18(14,15)11-10(16-2)4-6-17-11;/h4,6,8-9,12-13H,3,5,7H2,1-2H3;1H. The van der Waals surface area contributed by atoms with E-state index in [4.69, 9.17) is 4.74 Å². The summed E-state index contributed by atoms with van der Waals surface area (Å²) in [5, 5.41) is 5.02. The first-order chi connectivity index (χ1) is 8.53. The first-order valence-corrected chi connectivity index (χ1v) is 8.26. The van der Waals surface area contributed by atoms with Crippen molar-refractivity contribution in [2.24, 2.45) is 0 Å². The zero-order chi connectivity index (χ0) is 13.2. The van der Waals surface area contributed by atoms with Gasteiger partial charge in [0.05, 0.1) is 7.11 Å². The summed E-state index contributed by atoms with van der Waals surface area (Å²) in [7, 11) is -1.99. The summed E-state index contributed by atoms with van der Waals surface area (Å²) in [5.74, 6) is 0.412. The van der Waals surface area contributed by atoms with Gasteiger partial charge in [0.2, 0.25) is 0 Å². The van der Waals surface area contributed by atoms with Crippen molar-refractivity contribution in [3.63, 3.8) is 0 Å². The molecule has 1 aromatic rings. The molecule has 0 radical (unpaired) electrons. The lowest BCUT2D eigenvalue weighted by atomic mass is 10.0. The molecule has 0 aliphatic carbocycles. The molecule has 1 aliphatic heterocycles. The maximum Gasteiger partial charge on any atom is 0.254 e. The van der Waals surface area contributed by atoms with Gasteiger partial charge in [-0.3, -0.25) is 0 Å². The highest BCUT2D eigenvalue weighted by Crippen LogP contribution is 2.29. The van der Waals surface area contributed by atoms with Gasteiger partial charge in [-0.15, -0.1) is 23.7 Å². The maximum absolute atomic E-state index is 12.2. The molecule has 0 aromatic carbocycles. The highest BCUT2D eigenvalue weighted by Gasteiger charge is 2.27. The molecular weight excluding hydrogens is 308 g/mol. The highest BCUT2D eigenvalue weighted by molar-refractivity contribution is 7.91. The number of hydrogen-bond acceptors (Lipinski definition) is 5. The van der Waals surface area contributed by atoms with E-state index >= 15 is 0 Å². The van der Waals surface area contributed by atoms with Crippen molar-refractivity contribution in [2.45, 2.75) is 36.1 Å². The van der Waals surface area contributed by atoms with Crippen molar-refractivity contribution in [1.82, 2.24) is 10.0 Å². The van der Waals surface area contributed by atoms with E-state index in [1.165, 1.54) is 18.4 Å². The number of methoxy groups -OCH3 is 1. The van der Waals surface area contributed by atoms with Crippen LogP contribution in [-0.2, 0) is 10.0 Å². The molecular formula is C11H19ClN2O3S2. The second kappa shape index (κ2) is 6.90. The Labute approximate surface area is 124 Å². The van der Waals surface area contributed by atoms with Crippen LogP contribution in [0.5, 0.6) is 5.75 Å². The Hall–Kier alpha value is -0.340. The molecule has 1 aromatic heterocycles. The van der Waals surface area contributed by atoms with Crippen molar-refractivity contribution in [1.29, 1.82) is 0 Å². The molecule has 1 saturated heterocycles. The molecule has 0 bridgehead atoms. The van der Waals surface area contributed by atoms with Gasteiger partial charge in [-0.2, -0.15) is 0 Å². The molecule has 2 N–H and O–H groups in total. The Bertz CT molecular complexity index is 504. The summed E-state index contributed by atoms with van der Waals surface area (Å²) in [6.45, 7) is 2.90. The van der Waals surface area contributed by atoms with E-state index < -0.39 is 10.0 Å². The Morgan fingerprint density at radius 2 is 2.26 bits per heavy atom. The first-order valence-electron chi connectivity index (χ1n) is 5.90. The normalized spacial score (nSPS) is 23.7. The number of thiophene rings is 1. The van der Waals surface area contributed by atoms with E-state index in [2.05, 4.69) is 17.0 Å². The number of rotatable bonds is 4. The molecule has 0 saturated carbocycles. The maximum atomic E-state index is 12.2. The largest absolute Gasteiger partial charge is 0.494 e. The number of ether oxygens (including phenoxy) is 1. The zero-order valence-corrected chi connectivity index (χ0v) is 13.3. The van der Waals surface area contributed by atoms with E-state index in [1.807, 2.05) is 0 Å². The molecule has 2 heterocycles. The molecule has 2 unspecified atom stereocenters. The van der Waals surface area contributed by atoms with E-state index in [1.54, 1.807) is 11.4 Å². The van der Waals surface area contributed by atoms with Crippen LogP contribution in [0.3, 0.4) is 0 Å². The average molecular weight is 327 g/mol. The lowest BCUT2D eigenvalue weighted by Gasteiger charge is -2.28. The topological polar surface area (TPSA) is 67.4 Å². The smallest absolute Gasteiger partial charge is 0.254 e. The molecule has 1 aliphatic rings. The third-order valence-electron chi connectivity index (χ3n) is 3.01. The molecule has 8 heteroatoms. The third kappa shape index (κ3) is 4.06. The Morgan fingerprint density at radius 1 is 1.53 bits per heavy atom. The molecule has 5 nitrogen and oxygen atoms in total. The second-order valence-electron chi connectivity index (χ2n) is 4.47. The van der Waals surface area contributed by atoms with Gasteiger partial charge < -0.3 is 10.1 Å². The van der Waals surface area contributed by atoms with Crippen LogP contribution in [0.25, 0.3) is 0 Å². The number of nitrogens with one attached hydrogen (secondary N) is 2. The molecule has 1 fully saturated rings. The number of hydrogen-bond donors (Lipinski definition) is 2. The SMILES string of the molecule is COc1ccsc1S(=O)(=O)NC1CCNC(C)C1.Cl. The number of sulfonamides is 1. The molecule has 0 spiro atoms. The van der Waals surface area contributed by atoms with Gasteiger partial charge in [0.1, 0.15) is 5.75 Å². The molecule has 19 heavy (non-hydrogen) atoms. The van der Waals surface area contributed by atoms with E-state index in [9.17, 15) is 8.42 Å². The summed E-state index contributed by atoms with van der Waals surface area (Å²) < 4.78 is 32.6. The summed E-state index contributed by atoms with van der Waals surface area (Å²) in [6.07, 6.45) is 1.63.